The fourth-order valence-corrected chi connectivity index (χ4v) is 4.95. The summed E-state index contributed by atoms with van der Waals surface area (Å²) in [6, 6.07) is 8.91. The summed E-state index contributed by atoms with van der Waals surface area (Å²) in [6.45, 7) is 5.70. The van der Waals surface area contributed by atoms with Crippen LogP contribution in [0.15, 0.2) is 62.5 Å². The monoisotopic (exact) mass is 329 g/mol. The van der Waals surface area contributed by atoms with Gasteiger partial charge in [0.1, 0.15) is 6.34 Å². The fourth-order valence-electron chi connectivity index (χ4n) is 4.18. The third-order valence-corrected chi connectivity index (χ3v) is 5.93. The Morgan fingerprint density at radius 2 is 1.88 bits per heavy atom. The highest BCUT2D eigenvalue weighted by molar-refractivity contribution is 7.09. The van der Waals surface area contributed by atoms with Gasteiger partial charge in [-0.3, -0.25) is 9.98 Å². The number of rotatable bonds is 2. The van der Waals surface area contributed by atoms with Crippen LogP contribution in [0.4, 0.5) is 0 Å². The lowest BCUT2D eigenvalue weighted by Crippen LogP contribution is -2.27. The van der Waals surface area contributed by atoms with E-state index in [1.807, 2.05) is 12.3 Å². The second-order valence-corrected chi connectivity index (χ2v) is 7.06. The fraction of sp³-hybridized carbons (Fsp3) is 0.150. The van der Waals surface area contributed by atoms with Crippen LogP contribution in [-0.4, -0.2) is 18.0 Å². The van der Waals surface area contributed by atoms with Gasteiger partial charge in [-0.2, -0.15) is 11.3 Å². The Labute approximate surface area is 144 Å². The van der Waals surface area contributed by atoms with Crippen molar-refractivity contribution < 1.29 is 0 Å². The molecule has 0 aliphatic heterocycles. The average Bonchev–Trinajstić information content (AvgIpc) is 3.06. The van der Waals surface area contributed by atoms with E-state index in [0.717, 1.165) is 11.4 Å². The number of aromatic nitrogens is 1. The van der Waals surface area contributed by atoms with E-state index in [1.165, 1.54) is 33.0 Å². The Balaban J connectivity index is 1.85. The van der Waals surface area contributed by atoms with E-state index in [0.29, 0.717) is 0 Å². The van der Waals surface area contributed by atoms with Gasteiger partial charge in [-0.15, -0.1) is 0 Å². The molecular formula is C20H15N3S. The van der Waals surface area contributed by atoms with Crippen LogP contribution in [0.1, 0.15) is 41.1 Å². The molecule has 2 unspecified atom stereocenters. The number of aliphatic imine (C=N–C) groups is 2. The largest absolute Gasteiger partial charge is 0.260 e. The van der Waals surface area contributed by atoms with Gasteiger partial charge in [0.05, 0.1) is 17.3 Å². The summed E-state index contributed by atoms with van der Waals surface area (Å²) >= 11 is 1.75. The molecule has 24 heavy (non-hydrogen) atoms. The van der Waals surface area contributed by atoms with Gasteiger partial charge in [-0.1, -0.05) is 6.07 Å². The van der Waals surface area contributed by atoms with Gasteiger partial charge in [-0.25, -0.2) is 4.99 Å². The van der Waals surface area contributed by atoms with Gasteiger partial charge < -0.3 is 0 Å². The number of allylic oxidation sites excluding steroid dienone is 2. The van der Waals surface area contributed by atoms with Crippen molar-refractivity contribution in [2.24, 2.45) is 9.98 Å². The number of thiophene rings is 1. The highest BCUT2D eigenvalue weighted by Gasteiger charge is 2.42. The number of benzene rings is 1. The molecule has 0 spiro atoms. The van der Waals surface area contributed by atoms with E-state index < -0.39 is 0 Å². The summed E-state index contributed by atoms with van der Waals surface area (Å²) in [6.07, 6.45) is 3.43. The van der Waals surface area contributed by atoms with E-state index in [-0.39, 0.29) is 11.8 Å². The van der Waals surface area contributed by atoms with Gasteiger partial charge in [0.2, 0.25) is 0 Å². The molecule has 2 heterocycles. The summed E-state index contributed by atoms with van der Waals surface area (Å²) in [5, 5.41) is 7.05. The van der Waals surface area contributed by atoms with Crippen molar-refractivity contribution in [1.82, 2.24) is 4.98 Å². The lowest BCUT2D eigenvalue weighted by atomic mass is 9.64. The van der Waals surface area contributed by atoms with Crippen molar-refractivity contribution in [3.05, 3.63) is 74.9 Å². The topological polar surface area (TPSA) is 37.6 Å². The molecule has 0 fully saturated rings. The van der Waals surface area contributed by atoms with Crippen LogP contribution in [0, 0.1) is 0 Å². The molecule has 0 radical (unpaired) electrons. The van der Waals surface area contributed by atoms with Crippen LogP contribution in [0.5, 0.6) is 0 Å². The Morgan fingerprint density at radius 3 is 2.62 bits per heavy atom. The molecule has 6 rings (SSSR count). The molecule has 0 amide bonds. The van der Waals surface area contributed by atoms with Crippen molar-refractivity contribution in [1.29, 1.82) is 0 Å². The summed E-state index contributed by atoms with van der Waals surface area (Å²) in [7, 11) is 0. The molecule has 2 atom stereocenters. The van der Waals surface area contributed by atoms with Gasteiger partial charge >= 0.3 is 0 Å². The van der Waals surface area contributed by atoms with Crippen LogP contribution in [0.25, 0.3) is 10.8 Å². The quantitative estimate of drug-likeness (QED) is 0.487. The molecule has 1 aromatic carbocycles. The number of hydrogen-bond acceptors (Lipinski definition) is 3. The van der Waals surface area contributed by atoms with Crippen molar-refractivity contribution in [2.75, 3.05) is 0 Å². The van der Waals surface area contributed by atoms with E-state index in [2.05, 4.69) is 52.6 Å². The van der Waals surface area contributed by atoms with Crippen LogP contribution >= 0.6 is 11.3 Å². The molecule has 2 bridgehead atoms. The molecule has 4 heteroatoms. The zero-order chi connectivity index (χ0) is 16.3. The van der Waals surface area contributed by atoms with Crippen LogP contribution in [0.3, 0.4) is 0 Å². The molecule has 0 saturated carbocycles. The molecular weight excluding hydrogens is 314 g/mol. The van der Waals surface area contributed by atoms with Crippen LogP contribution < -0.4 is 0 Å². The lowest BCUT2D eigenvalue weighted by Gasteiger charge is -2.40. The SMILES string of the molecule is C=N/C=N\C1=C(C)C2c3cc4cscc4cc3C1c1ncccc12. The summed E-state index contributed by atoms with van der Waals surface area (Å²) in [5.41, 5.74) is 7.54. The van der Waals surface area contributed by atoms with E-state index >= 15 is 0 Å². The third kappa shape index (κ3) is 1.69. The number of nitrogens with zero attached hydrogens (tertiary/aromatic N) is 3. The van der Waals surface area contributed by atoms with E-state index in [1.54, 1.807) is 17.7 Å². The second kappa shape index (κ2) is 4.95. The summed E-state index contributed by atoms with van der Waals surface area (Å²) in [5.74, 6) is 0.318. The maximum atomic E-state index is 4.71. The maximum absolute atomic E-state index is 4.71. The van der Waals surface area contributed by atoms with E-state index in [9.17, 15) is 0 Å². The van der Waals surface area contributed by atoms with Gasteiger partial charge in [0, 0.05) is 12.1 Å². The first-order chi connectivity index (χ1) is 11.8. The molecule has 3 nitrogen and oxygen atoms in total. The zero-order valence-electron chi connectivity index (χ0n) is 13.2. The first-order valence-corrected chi connectivity index (χ1v) is 8.87. The lowest BCUT2D eigenvalue weighted by molar-refractivity contribution is 0.699. The normalized spacial score (nSPS) is 21.4. The second-order valence-electron chi connectivity index (χ2n) is 6.32. The summed E-state index contributed by atoms with van der Waals surface area (Å²) < 4.78 is 0. The van der Waals surface area contributed by atoms with Gasteiger partial charge in [0.15, 0.2) is 0 Å². The highest BCUT2D eigenvalue weighted by atomic mass is 32.1. The molecule has 0 saturated heterocycles. The number of pyridine rings is 1. The Hall–Kier alpha value is -2.59. The minimum absolute atomic E-state index is 0.0866. The van der Waals surface area contributed by atoms with Crippen LogP contribution in [-0.2, 0) is 0 Å². The molecule has 3 aliphatic carbocycles. The minimum Gasteiger partial charge on any atom is -0.260 e. The zero-order valence-corrected chi connectivity index (χ0v) is 14.0. The van der Waals surface area contributed by atoms with Gasteiger partial charge in [0.25, 0.3) is 0 Å². The van der Waals surface area contributed by atoms with E-state index in [4.69, 9.17) is 4.98 Å². The Bertz CT molecular complexity index is 1060. The van der Waals surface area contributed by atoms with Crippen LogP contribution in [0.2, 0.25) is 0 Å². The number of fused-ring (bicyclic) bond motifs is 1. The summed E-state index contributed by atoms with van der Waals surface area (Å²) in [4.78, 5) is 13.1. The first-order valence-electron chi connectivity index (χ1n) is 7.93. The molecule has 0 N–H and O–H groups in total. The predicted octanol–water partition coefficient (Wildman–Crippen LogP) is 4.89. The average molecular weight is 329 g/mol. The van der Waals surface area contributed by atoms with Crippen molar-refractivity contribution in [3.63, 3.8) is 0 Å². The van der Waals surface area contributed by atoms with Crippen molar-refractivity contribution >= 4 is 35.2 Å². The maximum Gasteiger partial charge on any atom is 0.114 e. The molecule has 116 valence electrons. The van der Waals surface area contributed by atoms with Crippen molar-refractivity contribution in [3.8, 4) is 0 Å². The highest BCUT2D eigenvalue weighted by Crippen LogP contribution is 2.55. The third-order valence-electron chi connectivity index (χ3n) is 5.15. The molecule has 3 aromatic rings. The molecule has 3 aliphatic rings. The molecule has 2 aromatic heterocycles. The standard InChI is InChI=1S/C20H15N3S/c1-11-17-14-4-3-5-22-20(14)18(19(11)23-10-21-2)16-7-13-9-24-8-12(13)6-15(16)17/h3-10,17-18H,2H2,1H3/b23-10-. The van der Waals surface area contributed by atoms with Crippen molar-refractivity contribution in [2.45, 2.75) is 18.8 Å². The smallest absolute Gasteiger partial charge is 0.114 e. The first kappa shape index (κ1) is 13.8. The minimum atomic E-state index is 0.0866. The Kier molecular flexibility index (Phi) is 2.85. The van der Waals surface area contributed by atoms with Gasteiger partial charge in [-0.05, 0) is 75.6 Å². The Morgan fingerprint density at radius 1 is 1.12 bits per heavy atom. The number of hydrogen-bond donors (Lipinski definition) is 0. The predicted molar refractivity (Wildman–Crippen MR) is 100 cm³/mol.